The van der Waals surface area contributed by atoms with Crippen molar-refractivity contribution in [3.05, 3.63) is 37.9 Å². The zero-order valence-electron chi connectivity index (χ0n) is 10.8. The van der Waals surface area contributed by atoms with Gasteiger partial charge in [0.2, 0.25) is 5.91 Å². The normalized spacial score (nSPS) is 15.3. The molecule has 0 saturated carbocycles. The highest BCUT2D eigenvalue weighted by Gasteiger charge is 2.24. The molecule has 1 heterocycles. The molecule has 2 rings (SSSR count). The summed E-state index contributed by atoms with van der Waals surface area (Å²) in [5, 5.41) is 13.3. The van der Waals surface area contributed by atoms with Crippen molar-refractivity contribution in [1.82, 2.24) is 10.2 Å². The van der Waals surface area contributed by atoms with Crippen LogP contribution in [0.5, 0.6) is 0 Å². The number of rotatable bonds is 2. The van der Waals surface area contributed by atoms with Gasteiger partial charge in [-0.05, 0) is 6.07 Å². The average Bonchev–Trinajstić information content (AvgIpc) is 2.65. The largest absolute Gasteiger partial charge is 0.354 e. The maximum atomic E-state index is 12.4. The Morgan fingerprint density at radius 3 is 2.71 bits per heavy atom. The van der Waals surface area contributed by atoms with Gasteiger partial charge in [-0.3, -0.25) is 19.7 Å². The van der Waals surface area contributed by atoms with Crippen LogP contribution in [0.4, 0.5) is 5.69 Å². The number of nitrogens with one attached hydrogen (secondary N) is 1. The Hall–Kier alpha value is -1.86. The molecule has 0 aliphatic carbocycles. The van der Waals surface area contributed by atoms with Gasteiger partial charge in [0.1, 0.15) is 5.02 Å². The van der Waals surface area contributed by atoms with Gasteiger partial charge in [-0.1, -0.05) is 23.2 Å². The van der Waals surface area contributed by atoms with E-state index in [0.717, 1.165) is 6.07 Å². The van der Waals surface area contributed by atoms with E-state index in [0.29, 0.717) is 13.1 Å². The van der Waals surface area contributed by atoms with Gasteiger partial charge in [-0.2, -0.15) is 0 Å². The van der Waals surface area contributed by atoms with Crippen molar-refractivity contribution in [3.8, 4) is 0 Å². The summed E-state index contributed by atoms with van der Waals surface area (Å²) in [4.78, 5) is 35.3. The fraction of sp³-hybridized carbons (Fsp3) is 0.333. The van der Waals surface area contributed by atoms with Gasteiger partial charge in [0.15, 0.2) is 0 Å². The van der Waals surface area contributed by atoms with Crippen LogP contribution in [0.2, 0.25) is 10.0 Å². The zero-order valence-corrected chi connectivity index (χ0v) is 12.3. The van der Waals surface area contributed by atoms with E-state index in [1.54, 1.807) is 0 Å². The summed E-state index contributed by atoms with van der Waals surface area (Å²) in [6, 6.07) is 2.38. The molecular weight excluding hydrogens is 321 g/mol. The van der Waals surface area contributed by atoms with Gasteiger partial charge in [0, 0.05) is 37.7 Å². The quantitative estimate of drug-likeness (QED) is 0.661. The molecule has 0 radical (unpaired) electrons. The predicted octanol–water partition coefficient (Wildman–Crippen LogP) is 1.86. The molecule has 2 amide bonds. The number of amides is 2. The number of carbonyl (C=O) groups excluding carboxylic acids is 2. The summed E-state index contributed by atoms with van der Waals surface area (Å²) in [5.41, 5.74) is -0.345. The van der Waals surface area contributed by atoms with Crippen molar-refractivity contribution in [2.45, 2.75) is 6.42 Å². The van der Waals surface area contributed by atoms with Crippen LogP contribution in [0.25, 0.3) is 0 Å². The van der Waals surface area contributed by atoms with Gasteiger partial charge in [-0.25, -0.2) is 0 Å². The van der Waals surface area contributed by atoms with Crippen LogP contribution < -0.4 is 5.32 Å². The van der Waals surface area contributed by atoms with Gasteiger partial charge >= 0.3 is 0 Å². The van der Waals surface area contributed by atoms with E-state index in [-0.39, 0.29) is 34.5 Å². The highest BCUT2D eigenvalue weighted by Crippen LogP contribution is 2.33. The molecule has 0 spiro atoms. The van der Waals surface area contributed by atoms with E-state index in [4.69, 9.17) is 23.2 Å². The SMILES string of the molecule is O=C1CCN(C(=O)c2cc(Cl)c(Cl)c([N+](=O)[O-])c2)CCN1. The highest BCUT2D eigenvalue weighted by molar-refractivity contribution is 6.43. The third kappa shape index (κ3) is 3.43. The maximum absolute atomic E-state index is 12.4. The van der Waals surface area contributed by atoms with Crippen LogP contribution in [-0.2, 0) is 4.79 Å². The minimum absolute atomic E-state index is 0.0572. The highest BCUT2D eigenvalue weighted by atomic mass is 35.5. The molecule has 1 aromatic carbocycles. The second-order valence-electron chi connectivity index (χ2n) is 4.44. The Balaban J connectivity index is 2.30. The molecule has 0 aromatic heterocycles. The lowest BCUT2D eigenvalue weighted by Gasteiger charge is -2.19. The van der Waals surface area contributed by atoms with Crippen LogP contribution in [0, 0.1) is 10.1 Å². The minimum Gasteiger partial charge on any atom is -0.354 e. The van der Waals surface area contributed by atoms with Crippen molar-refractivity contribution in [1.29, 1.82) is 0 Å². The summed E-state index contributed by atoms with van der Waals surface area (Å²) >= 11 is 11.6. The van der Waals surface area contributed by atoms with E-state index in [1.165, 1.54) is 11.0 Å². The number of benzene rings is 1. The first-order chi connectivity index (χ1) is 9.90. The van der Waals surface area contributed by atoms with Crippen LogP contribution in [-0.4, -0.2) is 41.3 Å². The predicted molar refractivity (Wildman–Crippen MR) is 76.6 cm³/mol. The third-order valence-electron chi connectivity index (χ3n) is 3.05. The van der Waals surface area contributed by atoms with Crippen molar-refractivity contribution < 1.29 is 14.5 Å². The number of hydrogen-bond donors (Lipinski definition) is 1. The molecule has 21 heavy (non-hydrogen) atoms. The first kappa shape index (κ1) is 15.5. The lowest BCUT2D eigenvalue weighted by Crippen LogP contribution is -2.34. The molecule has 1 aromatic rings. The lowest BCUT2D eigenvalue weighted by molar-refractivity contribution is -0.384. The number of nitro groups is 1. The Kier molecular flexibility index (Phi) is 4.64. The number of nitro benzene ring substituents is 1. The summed E-state index contributed by atoms with van der Waals surface area (Å²) in [6.07, 6.45) is 0.190. The molecule has 1 saturated heterocycles. The van der Waals surface area contributed by atoms with Crippen LogP contribution in [0.1, 0.15) is 16.8 Å². The maximum Gasteiger partial charge on any atom is 0.290 e. The van der Waals surface area contributed by atoms with Crippen molar-refractivity contribution >= 4 is 40.7 Å². The van der Waals surface area contributed by atoms with E-state index in [9.17, 15) is 19.7 Å². The van der Waals surface area contributed by atoms with E-state index < -0.39 is 16.5 Å². The molecule has 1 aliphatic rings. The summed E-state index contributed by atoms with van der Waals surface area (Å²) in [7, 11) is 0. The van der Waals surface area contributed by atoms with Gasteiger partial charge in [-0.15, -0.1) is 0 Å². The second kappa shape index (κ2) is 6.28. The fourth-order valence-corrected chi connectivity index (χ4v) is 2.38. The summed E-state index contributed by atoms with van der Waals surface area (Å²) in [5.74, 6) is -0.557. The Bertz CT molecular complexity index is 621. The second-order valence-corrected chi connectivity index (χ2v) is 5.23. The monoisotopic (exact) mass is 331 g/mol. The van der Waals surface area contributed by atoms with Crippen LogP contribution in [0.3, 0.4) is 0 Å². The Morgan fingerprint density at radius 1 is 1.33 bits per heavy atom. The molecule has 1 N–H and O–H groups in total. The number of carbonyl (C=O) groups is 2. The number of halogens is 2. The van der Waals surface area contributed by atoms with Gasteiger partial charge in [0.25, 0.3) is 11.6 Å². The molecule has 7 nitrogen and oxygen atoms in total. The smallest absolute Gasteiger partial charge is 0.290 e. The first-order valence-corrected chi connectivity index (χ1v) is 6.85. The molecule has 1 aliphatic heterocycles. The molecule has 112 valence electrons. The molecule has 9 heteroatoms. The third-order valence-corrected chi connectivity index (χ3v) is 3.84. The Labute approximate surface area is 130 Å². The first-order valence-electron chi connectivity index (χ1n) is 6.09. The van der Waals surface area contributed by atoms with Gasteiger partial charge in [0.05, 0.1) is 9.95 Å². The molecule has 1 fully saturated rings. The molecule has 0 bridgehead atoms. The zero-order chi connectivity index (χ0) is 15.6. The summed E-state index contributed by atoms with van der Waals surface area (Å²) in [6.45, 7) is 0.922. The summed E-state index contributed by atoms with van der Waals surface area (Å²) < 4.78 is 0. The van der Waals surface area contributed by atoms with Crippen molar-refractivity contribution in [3.63, 3.8) is 0 Å². The van der Waals surface area contributed by atoms with E-state index in [2.05, 4.69) is 5.32 Å². The van der Waals surface area contributed by atoms with Crippen LogP contribution >= 0.6 is 23.2 Å². The topological polar surface area (TPSA) is 92.5 Å². The molecule has 0 atom stereocenters. The molecule has 0 unspecified atom stereocenters. The van der Waals surface area contributed by atoms with E-state index in [1.807, 2.05) is 0 Å². The fourth-order valence-electron chi connectivity index (χ4n) is 1.98. The average molecular weight is 332 g/mol. The standard InChI is InChI=1S/C12H11Cl2N3O4/c13-8-5-7(6-9(11(8)14)17(20)21)12(19)16-3-1-10(18)15-2-4-16/h5-6H,1-4H2,(H,15,18). The van der Waals surface area contributed by atoms with E-state index >= 15 is 0 Å². The van der Waals surface area contributed by atoms with Crippen molar-refractivity contribution in [2.24, 2.45) is 0 Å². The number of nitrogens with zero attached hydrogens (tertiary/aromatic N) is 2. The Morgan fingerprint density at radius 2 is 2.05 bits per heavy atom. The lowest BCUT2D eigenvalue weighted by atomic mass is 10.1. The number of hydrogen-bond acceptors (Lipinski definition) is 4. The van der Waals surface area contributed by atoms with Crippen LogP contribution in [0.15, 0.2) is 12.1 Å². The minimum atomic E-state index is -0.696. The van der Waals surface area contributed by atoms with Gasteiger partial charge < -0.3 is 10.2 Å². The molecular formula is C12H11Cl2N3O4. The van der Waals surface area contributed by atoms with Crippen molar-refractivity contribution in [2.75, 3.05) is 19.6 Å².